The lowest BCUT2D eigenvalue weighted by Crippen LogP contribution is -2.26. The third-order valence-electron chi connectivity index (χ3n) is 3.74. The topological polar surface area (TPSA) is 55.4 Å². The molecule has 0 aromatic carbocycles. The standard InChI is InChI=1S/C15H17N5O/c1-11-13(9-17-19(11)3)10-18(2)15(21)12-5-7-20-14(8-12)4-6-16-20/h4-9H,10H2,1-3H3. The fourth-order valence-electron chi connectivity index (χ4n) is 2.30. The van der Waals surface area contributed by atoms with Gasteiger partial charge in [-0.05, 0) is 25.1 Å². The number of hydrogen-bond donors (Lipinski definition) is 0. The van der Waals surface area contributed by atoms with Crippen molar-refractivity contribution in [3.8, 4) is 0 Å². The third-order valence-corrected chi connectivity index (χ3v) is 3.74. The molecule has 0 aliphatic carbocycles. The molecule has 1 amide bonds. The predicted octanol–water partition coefficient (Wildman–Crippen LogP) is 1.65. The van der Waals surface area contributed by atoms with Crippen LogP contribution in [0.3, 0.4) is 0 Å². The van der Waals surface area contributed by atoms with Crippen molar-refractivity contribution >= 4 is 11.4 Å². The van der Waals surface area contributed by atoms with Gasteiger partial charge in [0.1, 0.15) is 0 Å². The van der Waals surface area contributed by atoms with Crippen molar-refractivity contribution < 1.29 is 4.79 Å². The minimum Gasteiger partial charge on any atom is -0.337 e. The van der Waals surface area contributed by atoms with Crippen molar-refractivity contribution in [1.29, 1.82) is 0 Å². The van der Waals surface area contributed by atoms with E-state index in [0.29, 0.717) is 12.1 Å². The van der Waals surface area contributed by atoms with Crippen LogP contribution >= 0.6 is 0 Å². The van der Waals surface area contributed by atoms with E-state index in [-0.39, 0.29) is 5.91 Å². The van der Waals surface area contributed by atoms with Crippen LogP contribution in [0, 0.1) is 6.92 Å². The van der Waals surface area contributed by atoms with Crippen LogP contribution in [0.25, 0.3) is 5.52 Å². The highest BCUT2D eigenvalue weighted by Gasteiger charge is 2.15. The average molecular weight is 283 g/mol. The molecule has 0 bridgehead atoms. The molecule has 0 fully saturated rings. The Hall–Kier alpha value is -2.63. The third kappa shape index (κ3) is 2.40. The molecule has 3 heterocycles. The molecule has 3 aromatic rings. The van der Waals surface area contributed by atoms with Crippen LogP contribution in [0.5, 0.6) is 0 Å². The van der Waals surface area contributed by atoms with Gasteiger partial charge in [-0.1, -0.05) is 0 Å². The van der Waals surface area contributed by atoms with Gasteiger partial charge in [0.05, 0.1) is 11.7 Å². The van der Waals surface area contributed by atoms with E-state index in [0.717, 1.165) is 16.8 Å². The second kappa shape index (κ2) is 5.05. The zero-order valence-corrected chi connectivity index (χ0v) is 12.3. The zero-order valence-electron chi connectivity index (χ0n) is 12.3. The SMILES string of the molecule is Cc1c(CN(C)C(=O)c2ccn3nccc3c2)cnn1C. The Kier molecular flexibility index (Phi) is 3.21. The number of rotatable bonds is 3. The maximum Gasteiger partial charge on any atom is 0.254 e. The summed E-state index contributed by atoms with van der Waals surface area (Å²) >= 11 is 0. The molecule has 3 rings (SSSR count). The predicted molar refractivity (Wildman–Crippen MR) is 78.9 cm³/mol. The molecule has 0 N–H and O–H groups in total. The highest BCUT2D eigenvalue weighted by Crippen LogP contribution is 2.13. The normalized spacial score (nSPS) is 11.0. The number of hydrogen-bond acceptors (Lipinski definition) is 3. The average Bonchev–Trinajstić information content (AvgIpc) is 3.07. The summed E-state index contributed by atoms with van der Waals surface area (Å²) < 4.78 is 3.55. The highest BCUT2D eigenvalue weighted by molar-refractivity contribution is 5.95. The van der Waals surface area contributed by atoms with Crippen molar-refractivity contribution in [1.82, 2.24) is 24.3 Å². The Bertz CT molecular complexity index is 801. The van der Waals surface area contributed by atoms with E-state index >= 15 is 0 Å². The molecule has 0 aliphatic rings. The quantitative estimate of drug-likeness (QED) is 0.734. The number of fused-ring (bicyclic) bond motifs is 1. The van der Waals surface area contributed by atoms with Crippen LogP contribution in [0.2, 0.25) is 0 Å². The minimum atomic E-state index is -0.0121. The summed E-state index contributed by atoms with van der Waals surface area (Å²) in [6, 6.07) is 5.51. The number of aryl methyl sites for hydroxylation is 1. The first-order valence-corrected chi connectivity index (χ1v) is 6.72. The van der Waals surface area contributed by atoms with Crippen LogP contribution in [0.1, 0.15) is 21.6 Å². The number of nitrogens with zero attached hydrogens (tertiary/aromatic N) is 5. The first-order chi connectivity index (χ1) is 10.1. The molecular formula is C15H17N5O. The smallest absolute Gasteiger partial charge is 0.254 e. The van der Waals surface area contributed by atoms with E-state index in [1.165, 1.54) is 0 Å². The molecule has 0 saturated carbocycles. The van der Waals surface area contributed by atoms with Crippen molar-refractivity contribution in [2.24, 2.45) is 7.05 Å². The number of carbonyl (C=O) groups is 1. The summed E-state index contributed by atoms with van der Waals surface area (Å²) in [6.45, 7) is 2.54. The highest BCUT2D eigenvalue weighted by atomic mass is 16.2. The van der Waals surface area contributed by atoms with Crippen molar-refractivity contribution in [3.05, 3.63) is 53.6 Å². The van der Waals surface area contributed by atoms with E-state index in [1.807, 2.05) is 30.8 Å². The van der Waals surface area contributed by atoms with Crippen molar-refractivity contribution in [2.45, 2.75) is 13.5 Å². The molecule has 6 heteroatoms. The fourth-order valence-corrected chi connectivity index (χ4v) is 2.30. The second-order valence-electron chi connectivity index (χ2n) is 5.16. The molecule has 0 spiro atoms. The first-order valence-electron chi connectivity index (χ1n) is 6.72. The maximum atomic E-state index is 12.5. The zero-order chi connectivity index (χ0) is 15.0. The van der Waals surface area contributed by atoms with Crippen molar-refractivity contribution in [3.63, 3.8) is 0 Å². The molecule has 0 aliphatic heterocycles. The lowest BCUT2D eigenvalue weighted by Gasteiger charge is -2.17. The molecule has 0 saturated heterocycles. The van der Waals surface area contributed by atoms with Gasteiger partial charge in [0.2, 0.25) is 0 Å². The Morgan fingerprint density at radius 3 is 2.86 bits per heavy atom. The summed E-state index contributed by atoms with van der Waals surface area (Å²) in [4.78, 5) is 14.2. The van der Waals surface area contributed by atoms with E-state index in [4.69, 9.17) is 0 Å². The summed E-state index contributed by atoms with van der Waals surface area (Å²) in [5.41, 5.74) is 3.69. The summed E-state index contributed by atoms with van der Waals surface area (Å²) in [5, 5.41) is 8.33. The summed E-state index contributed by atoms with van der Waals surface area (Å²) in [6.07, 6.45) is 5.32. The van der Waals surface area contributed by atoms with E-state index in [2.05, 4.69) is 10.2 Å². The van der Waals surface area contributed by atoms with Crippen LogP contribution in [-0.4, -0.2) is 37.2 Å². The minimum absolute atomic E-state index is 0.0121. The summed E-state index contributed by atoms with van der Waals surface area (Å²) in [7, 11) is 3.70. The van der Waals surface area contributed by atoms with Gasteiger partial charge >= 0.3 is 0 Å². The Labute approximate surface area is 122 Å². The molecule has 0 radical (unpaired) electrons. The van der Waals surface area contributed by atoms with Crippen LogP contribution < -0.4 is 0 Å². The molecule has 0 atom stereocenters. The van der Waals surface area contributed by atoms with Gasteiger partial charge in [-0.25, -0.2) is 4.52 Å². The van der Waals surface area contributed by atoms with Crippen LogP contribution in [0.4, 0.5) is 0 Å². The monoisotopic (exact) mass is 283 g/mol. The van der Waals surface area contributed by atoms with Gasteiger partial charge in [-0.2, -0.15) is 10.2 Å². The second-order valence-corrected chi connectivity index (χ2v) is 5.16. The van der Waals surface area contributed by atoms with Gasteiger partial charge in [0, 0.05) is 49.9 Å². The molecule has 108 valence electrons. The number of carbonyl (C=O) groups excluding carboxylic acids is 1. The Morgan fingerprint density at radius 2 is 2.14 bits per heavy atom. The van der Waals surface area contributed by atoms with E-state index in [1.54, 1.807) is 41.1 Å². The molecule has 0 unspecified atom stereocenters. The summed E-state index contributed by atoms with van der Waals surface area (Å²) in [5.74, 6) is -0.0121. The fraction of sp³-hybridized carbons (Fsp3) is 0.267. The van der Waals surface area contributed by atoms with Crippen LogP contribution in [-0.2, 0) is 13.6 Å². The van der Waals surface area contributed by atoms with E-state index in [9.17, 15) is 4.79 Å². The van der Waals surface area contributed by atoms with Crippen LogP contribution in [0.15, 0.2) is 36.8 Å². The lowest BCUT2D eigenvalue weighted by molar-refractivity contribution is 0.0785. The van der Waals surface area contributed by atoms with Gasteiger partial charge < -0.3 is 4.90 Å². The van der Waals surface area contributed by atoms with Gasteiger partial charge in [0.25, 0.3) is 5.91 Å². The number of amides is 1. The molecular weight excluding hydrogens is 266 g/mol. The van der Waals surface area contributed by atoms with E-state index < -0.39 is 0 Å². The first kappa shape index (κ1) is 13.4. The Morgan fingerprint density at radius 1 is 1.33 bits per heavy atom. The Balaban J connectivity index is 1.81. The maximum absolute atomic E-state index is 12.5. The van der Waals surface area contributed by atoms with Crippen molar-refractivity contribution in [2.75, 3.05) is 7.05 Å². The lowest BCUT2D eigenvalue weighted by atomic mass is 10.2. The van der Waals surface area contributed by atoms with Gasteiger partial charge in [-0.15, -0.1) is 0 Å². The number of aromatic nitrogens is 4. The molecule has 3 aromatic heterocycles. The number of pyridine rings is 1. The molecule has 21 heavy (non-hydrogen) atoms. The molecule has 6 nitrogen and oxygen atoms in total. The largest absolute Gasteiger partial charge is 0.337 e. The van der Waals surface area contributed by atoms with Gasteiger partial charge in [-0.3, -0.25) is 9.48 Å². The van der Waals surface area contributed by atoms with Gasteiger partial charge in [0.15, 0.2) is 0 Å².